The van der Waals surface area contributed by atoms with Gasteiger partial charge >= 0.3 is 5.97 Å². The lowest BCUT2D eigenvalue weighted by Crippen LogP contribution is -2.46. The van der Waals surface area contributed by atoms with E-state index in [1.165, 1.54) is 11.8 Å². The first-order valence-corrected chi connectivity index (χ1v) is 12.2. The number of Topliss-reactive ketones (excluding diaryl/α,β-unsaturated/α-hetero) is 1. The highest BCUT2D eigenvalue weighted by atomic mass is 32.2. The number of carbonyl (C=O) groups excluding carboxylic acids is 3. The summed E-state index contributed by atoms with van der Waals surface area (Å²) < 4.78 is 39.5. The van der Waals surface area contributed by atoms with Gasteiger partial charge in [-0.3, -0.25) is 14.4 Å². The number of nitrogens with zero attached hydrogens (tertiary/aromatic N) is 1. The van der Waals surface area contributed by atoms with Crippen LogP contribution in [-0.2, 0) is 24.2 Å². The van der Waals surface area contributed by atoms with Crippen molar-refractivity contribution in [3.63, 3.8) is 0 Å². The number of hydrogen-bond donors (Lipinski definition) is 0. The van der Waals surface area contributed by atoms with Crippen LogP contribution in [-0.4, -0.2) is 74.4 Å². The van der Waals surface area contributed by atoms with E-state index in [9.17, 15) is 22.8 Å². The number of amides is 1. The van der Waals surface area contributed by atoms with Crippen LogP contribution in [0.15, 0.2) is 18.2 Å². The van der Waals surface area contributed by atoms with E-state index in [1.54, 1.807) is 25.1 Å². The molecule has 1 amide bonds. The Labute approximate surface area is 181 Å². The summed E-state index contributed by atoms with van der Waals surface area (Å²) >= 11 is 0. The first kappa shape index (κ1) is 23.1. The summed E-state index contributed by atoms with van der Waals surface area (Å²) in [4.78, 5) is 38.7. The zero-order valence-electron chi connectivity index (χ0n) is 17.7. The fraction of sp³-hybridized carbons (Fsp3) is 0.571. The van der Waals surface area contributed by atoms with Crippen LogP contribution in [0.4, 0.5) is 0 Å². The summed E-state index contributed by atoms with van der Waals surface area (Å²) in [7, 11) is -3.14. The highest BCUT2D eigenvalue weighted by Crippen LogP contribution is 2.31. The van der Waals surface area contributed by atoms with Gasteiger partial charge in [0.1, 0.15) is 13.2 Å². The summed E-state index contributed by atoms with van der Waals surface area (Å²) in [5.74, 6) is -0.302. The smallest absolute Gasteiger partial charge is 0.307 e. The van der Waals surface area contributed by atoms with Crippen LogP contribution in [0, 0.1) is 0 Å². The molecule has 0 saturated carbocycles. The van der Waals surface area contributed by atoms with E-state index in [1.807, 2.05) is 0 Å². The molecule has 0 unspecified atom stereocenters. The van der Waals surface area contributed by atoms with Crippen LogP contribution in [0.2, 0.25) is 0 Å². The molecule has 0 N–H and O–H groups in total. The monoisotopic (exact) mass is 453 g/mol. The molecular formula is C21H27NO8S. The molecule has 3 rings (SSSR count). The van der Waals surface area contributed by atoms with Gasteiger partial charge in [0.2, 0.25) is 0 Å². The van der Waals surface area contributed by atoms with E-state index in [0.29, 0.717) is 43.2 Å². The number of esters is 1. The second-order valence-electron chi connectivity index (χ2n) is 7.59. The number of ether oxygens (including phenoxy) is 3. The number of fused-ring (bicyclic) bond motifs is 1. The van der Waals surface area contributed by atoms with Crippen molar-refractivity contribution in [1.82, 2.24) is 4.90 Å². The first-order valence-electron chi connectivity index (χ1n) is 10.3. The van der Waals surface area contributed by atoms with Crippen molar-refractivity contribution < 1.29 is 37.0 Å². The third kappa shape index (κ3) is 5.75. The van der Waals surface area contributed by atoms with Gasteiger partial charge in [-0.2, -0.15) is 0 Å². The maximum absolute atomic E-state index is 12.7. The fourth-order valence-electron chi connectivity index (χ4n) is 3.73. The SMILES string of the molecule is CCN(C(=O)[C@H](C)OC(=O)CCC(=O)c1ccc2c(c1)OCCO2)[C@H]1CCS(=O)(=O)C1. The summed E-state index contributed by atoms with van der Waals surface area (Å²) in [6.07, 6.45) is -0.917. The standard InChI is InChI=1S/C21H27NO8S/c1-3-22(16-8-11-31(26,27)13-16)21(25)14(2)30-20(24)7-5-17(23)15-4-6-18-19(12-15)29-10-9-28-18/h4,6,12,14,16H,3,5,7-11,13H2,1-2H3/t14-,16-/m0/s1. The second kappa shape index (κ2) is 9.67. The van der Waals surface area contributed by atoms with Crippen LogP contribution < -0.4 is 9.47 Å². The van der Waals surface area contributed by atoms with Gasteiger partial charge < -0.3 is 19.1 Å². The first-order chi connectivity index (χ1) is 14.7. The summed E-state index contributed by atoms with van der Waals surface area (Å²) in [5.41, 5.74) is 0.403. The molecule has 1 saturated heterocycles. The number of benzene rings is 1. The number of hydrogen-bond acceptors (Lipinski definition) is 8. The van der Waals surface area contributed by atoms with E-state index in [2.05, 4.69) is 0 Å². The van der Waals surface area contributed by atoms with Gasteiger partial charge in [0, 0.05) is 24.6 Å². The van der Waals surface area contributed by atoms with Crippen molar-refractivity contribution in [2.45, 2.75) is 45.3 Å². The lowest BCUT2D eigenvalue weighted by molar-refractivity contribution is -0.159. The number of rotatable bonds is 8. The summed E-state index contributed by atoms with van der Waals surface area (Å²) in [6, 6.07) is 4.45. The van der Waals surface area contributed by atoms with Crippen LogP contribution in [0.3, 0.4) is 0 Å². The number of likely N-dealkylation sites (N-methyl/N-ethyl adjacent to an activating group) is 1. The molecule has 2 atom stereocenters. The molecular weight excluding hydrogens is 426 g/mol. The molecule has 2 aliphatic rings. The van der Waals surface area contributed by atoms with Crippen molar-refractivity contribution in [2.75, 3.05) is 31.3 Å². The molecule has 2 aliphatic heterocycles. The number of carbonyl (C=O) groups is 3. The van der Waals surface area contributed by atoms with Gasteiger partial charge in [0.05, 0.1) is 17.9 Å². The molecule has 9 nitrogen and oxygen atoms in total. The van der Waals surface area contributed by atoms with E-state index >= 15 is 0 Å². The Kier molecular flexibility index (Phi) is 7.19. The van der Waals surface area contributed by atoms with E-state index < -0.39 is 33.9 Å². The Hall–Kier alpha value is -2.62. The average molecular weight is 454 g/mol. The molecule has 1 aromatic rings. The van der Waals surface area contributed by atoms with Gasteiger partial charge in [0.25, 0.3) is 5.91 Å². The van der Waals surface area contributed by atoms with Gasteiger partial charge in [-0.15, -0.1) is 0 Å². The third-order valence-electron chi connectivity index (χ3n) is 5.35. The van der Waals surface area contributed by atoms with Crippen molar-refractivity contribution in [3.8, 4) is 11.5 Å². The van der Waals surface area contributed by atoms with Gasteiger partial charge in [-0.25, -0.2) is 8.42 Å². The topological polar surface area (TPSA) is 116 Å². The van der Waals surface area contributed by atoms with Crippen LogP contribution in [0.25, 0.3) is 0 Å². The molecule has 2 heterocycles. The lowest BCUT2D eigenvalue weighted by Gasteiger charge is -2.29. The largest absolute Gasteiger partial charge is 0.486 e. The molecule has 0 aliphatic carbocycles. The third-order valence-corrected chi connectivity index (χ3v) is 7.10. The highest BCUT2D eigenvalue weighted by Gasteiger charge is 2.36. The molecule has 0 bridgehead atoms. The Morgan fingerprint density at radius 2 is 1.87 bits per heavy atom. The van der Waals surface area contributed by atoms with Crippen molar-refractivity contribution in [1.29, 1.82) is 0 Å². The Bertz CT molecular complexity index is 958. The average Bonchev–Trinajstić information content (AvgIpc) is 3.11. The molecule has 0 aromatic heterocycles. The molecule has 10 heteroatoms. The Balaban J connectivity index is 1.50. The van der Waals surface area contributed by atoms with E-state index in [4.69, 9.17) is 14.2 Å². The maximum atomic E-state index is 12.7. The number of sulfone groups is 1. The molecule has 170 valence electrons. The van der Waals surface area contributed by atoms with Crippen molar-refractivity contribution >= 4 is 27.5 Å². The summed E-state index contributed by atoms with van der Waals surface area (Å²) in [6.45, 7) is 4.39. The molecule has 0 spiro atoms. The minimum atomic E-state index is -3.14. The Morgan fingerprint density at radius 3 is 2.52 bits per heavy atom. The normalized spacial score (nSPS) is 20.0. The number of ketones is 1. The zero-order valence-corrected chi connectivity index (χ0v) is 18.5. The van der Waals surface area contributed by atoms with Crippen LogP contribution in [0.1, 0.15) is 43.5 Å². The summed E-state index contributed by atoms with van der Waals surface area (Å²) in [5, 5.41) is 0. The second-order valence-corrected chi connectivity index (χ2v) is 9.82. The minimum absolute atomic E-state index is 0.0532. The predicted molar refractivity (Wildman–Crippen MR) is 111 cm³/mol. The van der Waals surface area contributed by atoms with Gasteiger partial charge in [-0.1, -0.05) is 0 Å². The zero-order chi connectivity index (χ0) is 22.6. The van der Waals surface area contributed by atoms with Crippen LogP contribution >= 0.6 is 0 Å². The van der Waals surface area contributed by atoms with Gasteiger partial charge in [-0.05, 0) is 38.5 Å². The van der Waals surface area contributed by atoms with E-state index in [-0.39, 0.29) is 30.1 Å². The van der Waals surface area contributed by atoms with Crippen molar-refractivity contribution in [3.05, 3.63) is 23.8 Å². The molecule has 1 aromatic carbocycles. The lowest BCUT2D eigenvalue weighted by atomic mass is 10.1. The van der Waals surface area contributed by atoms with E-state index in [0.717, 1.165) is 0 Å². The highest BCUT2D eigenvalue weighted by molar-refractivity contribution is 7.91. The Morgan fingerprint density at radius 1 is 1.16 bits per heavy atom. The molecule has 0 radical (unpaired) electrons. The predicted octanol–water partition coefficient (Wildman–Crippen LogP) is 1.39. The fourth-order valence-corrected chi connectivity index (χ4v) is 5.46. The molecule has 31 heavy (non-hydrogen) atoms. The molecule has 1 fully saturated rings. The minimum Gasteiger partial charge on any atom is -0.486 e. The quantitative estimate of drug-likeness (QED) is 0.428. The van der Waals surface area contributed by atoms with Crippen molar-refractivity contribution in [2.24, 2.45) is 0 Å². The van der Waals surface area contributed by atoms with Crippen LogP contribution in [0.5, 0.6) is 11.5 Å². The maximum Gasteiger partial charge on any atom is 0.307 e. The van der Waals surface area contributed by atoms with Gasteiger partial charge in [0.15, 0.2) is 33.2 Å².